The summed E-state index contributed by atoms with van der Waals surface area (Å²) >= 11 is 0. The van der Waals surface area contributed by atoms with E-state index in [0.29, 0.717) is 0 Å². The van der Waals surface area contributed by atoms with Gasteiger partial charge in [0.2, 0.25) is 0 Å². The number of hydrogen-bond acceptors (Lipinski definition) is 2. The molecule has 0 aliphatic carbocycles. The molecule has 2 aromatic rings. The topological polar surface area (TPSA) is 24.4 Å². The Morgan fingerprint density at radius 3 is 2.14 bits per heavy atom. The summed E-state index contributed by atoms with van der Waals surface area (Å²) in [5.41, 5.74) is 7.11. The number of nitrogens with one attached hydrogen (secondary N) is 1. The van der Waals surface area contributed by atoms with Crippen molar-refractivity contribution in [2.24, 2.45) is 4.99 Å². The van der Waals surface area contributed by atoms with Crippen molar-refractivity contribution in [2.45, 2.75) is 27.7 Å². The van der Waals surface area contributed by atoms with Gasteiger partial charge in [-0.15, -0.1) is 12.4 Å². The second kappa shape index (κ2) is 8.40. The molecule has 0 amide bonds. The first-order valence-electron chi connectivity index (χ1n) is 7.16. The summed E-state index contributed by atoms with van der Waals surface area (Å²) in [6.45, 7) is 8.38. The number of benzene rings is 2. The standard InChI is InChI=1S/C19H22N2.ClH/c1-14-6-8-18(16(3)12-14)20-10-5-11-21-19-9-7-15(2)13-17(19)4;/h5-13,20H,1-4H3;1H. The zero-order valence-corrected chi connectivity index (χ0v) is 14.4. The molecule has 1 N–H and O–H groups in total. The van der Waals surface area contributed by atoms with Crippen molar-refractivity contribution in [2.75, 3.05) is 5.32 Å². The van der Waals surface area contributed by atoms with Crippen LogP contribution in [-0.4, -0.2) is 6.21 Å². The molecule has 0 saturated heterocycles. The van der Waals surface area contributed by atoms with Gasteiger partial charge in [0.25, 0.3) is 0 Å². The third-order valence-corrected chi connectivity index (χ3v) is 3.37. The van der Waals surface area contributed by atoms with Crippen LogP contribution in [-0.2, 0) is 0 Å². The van der Waals surface area contributed by atoms with Crippen molar-refractivity contribution in [1.82, 2.24) is 0 Å². The largest absolute Gasteiger partial charge is 0.361 e. The SMILES string of the molecule is Cc1ccc(N=CC=CNc2ccc(C)cc2C)c(C)c1.Cl. The molecule has 0 heterocycles. The molecular weight excluding hydrogens is 292 g/mol. The molecule has 0 spiro atoms. The Kier molecular flexibility index (Phi) is 6.87. The maximum Gasteiger partial charge on any atom is 0.0658 e. The Balaban J connectivity index is 0.00000242. The summed E-state index contributed by atoms with van der Waals surface area (Å²) in [5.74, 6) is 0. The molecule has 0 atom stereocenters. The van der Waals surface area contributed by atoms with Gasteiger partial charge in [0.15, 0.2) is 0 Å². The number of aryl methyl sites for hydroxylation is 4. The number of allylic oxidation sites excluding steroid dienone is 1. The lowest BCUT2D eigenvalue weighted by atomic mass is 10.1. The lowest BCUT2D eigenvalue weighted by molar-refractivity contribution is 1.35. The van der Waals surface area contributed by atoms with Crippen LogP contribution in [0.4, 0.5) is 11.4 Å². The van der Waals surface area contributed by atoms with Gasteiger partial charge in [-0.05, 0) is 57.0 Å². The van der Waals surface area contributed by atoms with E-state index >= 15 is 0 Å². The molecule has 22 heavy (non-hydrogen) atoms. The molecule has 0 unspecified atom stereocenters. The van der Waals surface area contributed by atoms with E-state index in [1.54, 1.807) is 0 Å². The summed E-state index contributed by atoms with van der Waals surface area (Å²) in [4.78, 5) is 4.46. The predicted molar refractivity (Wildman–Crippen MR) is 100.0 cm³/mol. The molecule has 0 aliphatic heterocycles. The van der Waals surface area contributed by atoms with E-state index in [9.17, 15) is 0 Å². The number of nitrogens with zero attached hydrogens (tertiary/aromatic N) is 1. The van der Waals surface area contributed by atoms with Gasteiger partial charge < -0.3 is 5.32 Å². The van der Waals surface area contributed by atoms with Gasteiger partial charge in [-0.1, -0.05) is 35.4 Å². The molecule has 0 saturated carbocycles. The summed E-state index contributed by atoms with van der Waals surface area (Å²) in [7, 11) is 0. The van der Waals surface area contributed by atoms with Crippen molar-refractivity contribution >= 4 is 30.0 Å². The second-order valence-electron chi connectivity index (χ2n) is 5.39. The number of hydrogen-bond donors (Lipinski definition) is 1. The highest BCUT2D eigenvalue weighted by molar-refractivity contribution is 5.85. The van der Waals surface area contributed by atoms with E-state index in [1.165, 1.54) is 22.3 Å². The first-order valence-corrected chi connectivity index (χ1v) is 7.16. The Bertz CT molecular complexity index is 688. The van der Waals surface area contributed by atoms with Crippen LogP contribution in [0.15, 0.2) is 53.7 Å². The zero-order chi connectivity index (χ0) is 15.2. The Labute approximate surface area is 139 Å². The maximum absolute atomic E-state index is 4.46. The fourth-order valence-electron chi connectivity index (χ4n) is 2.23. The van der Waals surface area contributed by atoms with Crippen molar-refractivity contribution in [3.63, 3.8) is 0 Å². The molecule has 0 fully saturated rings. The highest BCUT2D eigenvalue weighted by Crippen LogP contribution is 2.19. The van der Waals surface area contributed by atoms with Crippen molar-refractivity contribution in [1.29, 1.82) is 0 Å². The van der Waals surface area contributed by atoms with E-state index < -0.39 is 0 Å². The minimum Gasteiger partial charge on any atom is -0.361 e. The van der Waals surface area contributed by atoms with Crippen molar-refractivity contribution in [3.8, 4) is 0 Å². The van der Waals surface area contributed by atoms with Gasteiger partial charge in [0, 0.05) is 18.1 Å². The molecule has 0 aromatic heterocycles. The predicted octanol–water partition coefficient (Wildman–Crippen LogP) is 5.67. The van der Waals surface area contributed by atoms with E-state index in [0.717, 1.165) is 11.4 Å². The number of anilines is 1. The second-order valence-corrected chi connectivity index (χ2v) is 5.39. The van der Waals surface area contributed by atoms with Gasteiger partial charge in [-0.2, -0.15) is 0 Å². The number of aliphatic imine (C=N–C) groups is 1. The highest BCUT2D eigenvalue weighted by Gasteiger charge is 1.95. The van der Waals surface area contributed by atoms with Gasteiger partial charge in [-0.25, -0.2) is 0 Å². The van der Waals surface area contributed by atoms with Crippen LogP contribution < -0.4 is 5.32 Å². The van der Waals surface area contributed by atoms with Crippen molar-refractivity contribution < 1.29 is 0 Å². The number of rotatable bonds is 4. The third kappa shape index (κ3) is 5.05. The van der Waals surface area contributed by atoms with Crippen LogP contribution >= 0.6 is 12.4 Å². The molecule has 3 heteroatoms. The molecule has 116 valence electrons. The molecule has 0 bridgehead atoms. The molecule has 0 radical (unpaired) electrons. The van der Waals surface area contributed by atoms with E-state index in [2.05, 4.69) is 68.3 Å². The van der Waals surface area contributed by atoms with E-state index in [4.69, 9.17) is 0 Å². The smallest absolute Gasteiger partial charge is 0.0658 e. The zero-order valence-electron chi connectivity index (χ0n) is 13.6. The van der Waals surface area contributed by atoms with E-state index in [-0.39, 0.29) is 12.4 Å². The van der Waals surface area contributed by atoms with Gasteiger partial charge in [0.05, 0.1) is 5.69 Å². The lowest BCUT2D eigenvalue weighted by Crippen LogP contribution is -1.91. The Morgan fingerprint density at radius 1 is 0.864 bits per heavy atom. The van der Waals surface area contributed by atoms with Crippen LogP contribution in [0.2, 0.25) is 0 Å². The van der Waals surface area contributed by atoms with Gasteiger partial charge >= 0.3 is 0 Å². The number of halogens is 1. The van der Waals surface area contributed by atoms with Gasteiger partial charge in [-0.3, -0.25) is 4.99 Å². The van der Waals surface area contributed by atoms with Crippen LogP contribution in [0.5, 0.6) is 0 Å². The molecule has 2 aromatic carbocycles. The molecule has 2 rings (SSSR count). The summed E-state index contributed by atoms with van der Waals surface area (Å²) in [5, 5.41) is 3.28. The first-order chi connectivity index (χ1) is 10.1. The summed E-state index contributed by atoms with van der Waals surface area (Å²) in [6, 6.07) is 12.6. The monoisotopic (exact) mass is 314 g/mol. The average Bonchev–Trinajstić information content (AvgIpc) is 2.42. The van der Waals surface area contributed by atoms with Crippen LogP contribution in [0.3, 0.4) is 0 Å². The third-order valence-electron chi connectivity index (χ3n) is 3.37. The fraction of sp³-hybridized carbons (Fsp3) is 0.211. The summed E-state index contributed by atoms with van der Waals surface area (Å²) in [6.07, 6.45) is 5.64. The molecular formula is C19H23ClN2. The maximum atomic E-state index is 4.46. The normalized spacial score (nSPS) is 10.9. The fourth-order valence-corrected chi connectivity index (χ4v) is 2.23. The average molecular weight is 315 g/mol. The molecule has 0 aliphatic rings. The Morgan fingerprint density at radius 2 is 1.50 bits per heavy atom. The quantitative estimate of drug-likeness (QED) is 0.722. The minimum absolute atomic E-state index is 0. The highest BCUT2D eigenvalue weighted by atomic mass is 35.5. The minimum atomic E-state index is 0. The van der Waals surface area contributed by atoms with Crippen molar-refractivity contribution in [3.05, 3.63) is 70.9 Å². The van der Waals surface area contributed by atoms with Crippen LogP contribution in [0, 0.1) is 27.7 Å². The Hall–Kier alpha value is -2.06. The lowest BCUT2D eigenvalue weighted by Gasteiger charge is -2.05. The van der Waals surface area contributed by atoms with Gasteiger partial charge in [0.1, 0.15) is 0 Å². The van der Waals surface area contributed by atoms with Crippen LogP contribution in [0.25, 0.3) is 0 Å². The van der Waals surface area contributed by atoms with E-state index in [1.807, 2.05) is 24.6 Å². The summed E-state index contributed by atoms with van der Waals surface area (Å²) < 4.78 is 0. The van der Waals surface area contributed by atoms with Crippen LogP contribution in [0.1, 0.15) is 22.3 Å². The first kappa shape index (κ1) is 18.0. The molecule has 2 nitrogen and oxygen atoms in total.